The van der Waals surface area contributed by atoms with E-state index >= 15 is 0 Å². The lowest BCUT2D eigenvalue weighted by molar-refractivity contribution is -0.121. The van der Waals surface area contributed by atoms with Gasteiger partial charge < -0.3 is 24.3 Å². The molecule has 0 fully saturated rings. The summed E-state index contributed by atoms with van der Waals surface area (Å²) in [7, 11) is 0. The fraction of sp³-hybridized carbons (Fsp3) is 0.964. The van der Waals surface area contributed by atoms with E-state index in [0.29, 0.717) is 25.7 Å². The number of hydrogen-bond acceptors (Lipinski definition) is 5. The Morgan fingerprint density at radius 1 is 0.588 bits per heavy atom. The summed E-state index contributed by atoms with van der Waals surface area (Å²) in [5, 5.41) is 2.96. The Labute approximate surface area is 211 Å². The maximum atomic E-state index is 11.8. The van der Waals surface area contributed by atoms with Crippen molar-refractivity contribution in [2.45, 2.75) is 123 Å². The Morgan fingerprint density at radius 3 is 1.59 bits per heavy atom. The van der Waals surface area contributed by atoms with Crippen LogP contribution in [-0.4, -0.2) is 64.8 Å². The molecule has 0 aliphatic heterocycles. The molecule has 0 aromatic heterocycles. The number of hydrogen-bond donors (Lipinski definition) is 1. The summed E-state index contributed by atoms with van der Waals surface area (Å²) in [5.41, 5.74) is 0. The first-order valence-electron chi connectivity index (χ1n) is 14.3. The third-order valence-corrected chi connectivity index (χ3v) is 5.61. The van der Waals surface area contributed by atoms with Crippen LogP contribution in [0.3, 0.4) is 0 Å². The molecule has 6 heteroatoms. The average molecular weight is 488 g/mol. The van der Waals surface area contributed by atoms with Gasteiger partial charge in [-0.1, -0.05) is 39.0 Å². The van der Waals surface area contributed by atoms with Crippen LogP contribution in [0, 0.1) is 0 Å². The quantitative estimate of drug-likeness (QED) is 0.128. The summed E-state index contributed by atoms with van der Waals surface area (Å²) in [6.07, 6.45) is 17.0. The Kier molecular flexibility index (Phi) is 28.0. The maximum absolute atomic E-state index is 11.8. The lowest BCUT2D eigenvalue weighted by atomic mass is 10.1. The van der Waals surface area contributed by atoms with Crippen LogP contribution in [-0.2, 0) is 23.7 Å². The van der Waals surface area contributed by atoms with E-state index in [9.17, 15) is 4.79 Å². The minimum Gasteiger partial charge on any atom is -0.381 e. The van der Waals surface area contributed by atoms with Crippen molar-refractivity contribution in [1.82, 2.24) is 5.32 Å². The van der Waals surface area contributed by atoms with Gasteiger partial charge in [0.25, 0.3) is 0 Å². The zero-order chi connectivity index (χ0) is 25.0. The van der Waals surface area contributed by atoms with E-state index < -0.39 is 0 Å². The zero-order valence-corrected chi connectivity index (χ0v) is 22.9. The molecular formula is C28H57NO5. The average Bonchev–Trinajstić information content (AvgIpc) is 2.82. The number of amides is 1. The Morgan fingerprint density at radius 2 is 1.03 bits per heavy atom. The summed E-state index contributed by atoms with van der Waals surface area (Å²) in [6, 6.07) is 0. The highest BCUT2D eigenvalue weighted by Gasteiger charge is 2.01. The highest BCUT2D eigenvalue weighted by Crippen LogP contribution is 2.08. The van der Waals surface area contributed by atoms with Crippen LogP contribution < -0.4 is 5.32 Å². The summed E-state index contributed by atoms with van der Waals surface area (Å²) >= 11 is 0. The minimum atomic E-state index is 0.148. The van der Waals surface area contributed by atoms with Crippen molar-refractivity contribution < 1.29 is 23.7 Å². The van der Waals surface area contributed by atoms with E-state index in [1.54, 1.807) is 0 Å². The van der Waals surface area contributed by atoms with Crippen LogP contribution in [0.5, 0.6) is 0 Å². The van der Waals surface area contributed by atoms with E-state index in [4.69, 9.17) is 18.9 Å². The van der Waals surface area contributed by atoms with E-state index in [1.807, 2.05) is 0 Å². The third-order valence-electron chi connectivity index (χ3n) is 5.61. The van der Waals surface area contributed by atoms with E-state index in [1.165, 1.54) is 38.5 Å². The van der Waals surface area contributed by atoms with Crippen LogP contribution in [0.1, 0.15) is 117 Å². The summed E-state index contributed by atoms with van der Waals surface area (Å²) in [5.74, 6) is 0.148. The number of rotatable bonds is 28. The Bertz CT molecular complexity index is 406. The highest BCUT2D eigenvalue weighted by molar-refractivity contribution is 5.75. The van der Waals surface area contributed by atoms with Gasteiger partial charge in [-0.25, -0.2) is 0 Å². The number of ether oxygens (including phenoxy) is 4. The normalized spacial score (nSPS) is 11.4. The fourth-order valence-electron chi connectivity index (χ4n) is 3.49. The Balaban J connectivity index is 3.14. The molecule has 0 aromatic rings. The van der Waals surface area contributed by atoms with Crippen molar-refractivity contribution in [3.8, 4) is 0 Å². The predicted molar refractivity (Wildman–Crippen MR) is 141 cm³/mol. The molecule has 0 atom stereocenters. The van der Waals surface area contributed by atoms with Crippen molar-refractivity contribution in [3.05, 3.63) is 0 Å². The number of unbranched alkanes of at least 4 members (excludes halogenated alkanes) is 10. The van der Waals surface area contributed by atoms with Gasteiger partial charge in [0.1, 0.15) is 0 Å². The SMILES string of the molecule is CCCCOCCCCCOCCCCCOCCNC(=O)CCCCCCCCOC(C)C. The van der Waals surface area contributed by atoms with Gasteiger partial charge in [-0.3, -0.25) is 4.79 Å². The molecular weight excluding hydrogens is 430 g/mol. The first kappa shape index (κ1) is 33.3. The molecule has 0 unspecified atom stereocenters. The third kappa shape index (κ3) is 29.3. The number of carbonyl (C=O) groups is 1. The molecule has 0 aliphatic rings. The van der Waals surface area contributed by atoms with Gasteiger partial charge in [0.15, 0.2) is 0 Å². The van der Waals surface area contributed by atoms with Crippen LogP contribution in [0.4, 0.5) is 0 Å². The molecule has 0 aliphatic carbocycles. The molecule has 34 heavy (non-hydrogen) atoms. The highest BCUT2D eigenvalue weighted by atomic mass is 16.5. The van der Waals surface area contributed by atoms with Gasteiger partial charge in [0.2, 0.25) is 5.91 Å². The van der Waals surface area contributed by atoms with Gasteiger partial charge in [0, 0.05) is 52.6 Å². The van der Waals surface area contributed by atoms with E-state index in [2.05, 4.69) is 26.1 Å². The first-order chi connectivity index (χ1) is 16.7. The molecule has 0 bridgehead atoms. The second-order valence-corrected chi connectivity index (χ2v) is 9.45. The van der Waals surface area contributed by atoms with Crippen LogP contribution >= 0.6 is 0 Å². The summed E-state index contributed by atoms with van der Waals surface area (Å²) in [4.78, 5) is 11.8. The zero-order valence-electron chi connectivity index (χ0n) is 22.9. The standard InChI is InChI=1S/C28H57NO5/c1-4-5-20-31-21-13-10-14-22-32-23-15-11-16-24-33-26-19-29-28(30)18-12-8-6-7-9-17-25-34-27(2)3/h27H,4-26H2,1-3H3,(H,29,30). The second-order valence-electron chi connectivity index (χ2n) is 9.45. The van der Waals surface area contributed by atoms with Gasteiger partial charge in [-0.2, -0.15) is 0 Å². The van der Waals surface area contributed by atoms with Crippen LogP contribution in [0.15, 0.2) is 0 Å². The van der Waals surface area contributed by atoms with Gasteiger partial charge >= 0.3 is 0 Å². The second kappa shape index (κ2) is 28.5. The molecule has 0 heterocycles. The molecule has 1 amide bonds. The van der Waals surface area contributed by atoms with Crippen LogP contribution in [0.25, 0.3) is 0 Å². The van der Waals surface area contributed by atoms with Crippen molar-refractivity contribution >= 4 is 5.91 Å². The molecule has 0 saturated heterocycles. The molecule has 0 aromatic carbocycles. The van der Waals surface area contributed by atoms with Crippen molar-refractivity contribution in [2.24, 2.45) is 0 Å². The summed E-state index contributed by atoms with van der Waals surface area (Å²) < 4.78 is 22.4. The topological polar surface area (TPSA) is 66.0 Å². The van der Waals surface area contributed by atoms with E-state index in [0.717, 1.165) is 91.0 Å². The van der Waals surface area contributed by atoms with Gasteiger partial charge in [-0.05, 0) is 71.6 Å². The minimum absolute atomic E-state index is 0.148. The molecule has 0 saturated carbocycles. The first-order valence-corrected chi connectivity index (χ1v) is 14.3. The van der Waals surface area contributed by atoms with Crippen molar-refractivity contribution in [3.63, 3.8) is 0 Å². The fourth-order valence-corrected chi connectivity index (χ4v) is 3.49. The monoisotopic (exact) mass is 487 g/mol. The molecule has 6 nitrogen and oxygen atoms in total. The maximum Gasteiger partial charge on any atom is 0.220 e. The van der Waals surface area contributed by atoms with Crippen LogP contribution in [0.2, 0.25) is 0 Å². The predicted octanol–water partition coefficient (Wildman–Crippen LogP) is 6.45. The smallest absolute Gasteiger partial charge is 0.220 e. The largest absolute Gasteiger partial charge is 0.381 e. The van der Waals surface area contributed by atoms with E-state index in [-0.39, 0.29) is 5.91 Å². The van der Waals surface area contributed by atoms with Gasteiger partial charge in [0.05, 0.1) is 12.7 Å². The Hall–Kier alpha value is -0.690. The lowest BCUT2D eigenvalue weighted by Gasteiger charge is -2.08. The molecule has 0 radical (unpaired) electrons. The summed E-state index contributed by atoms with van der Waals surface area (Å²) in [6.45, 7) is 12.7. The molecule has 0 spiro atoms. The molecule has 1 N–H and O–H groups in total. The van der Waals surface area contributed by atoms with Crippen molar-refractivity contribution in [1.29, 1.82) is 0 Å². The van der Waals surface area contributed by atoms with Crippen molar-refractivity contribution in [2.75, 3.05) is 52.8 Å². The molecule has 204 valence electrons. The molecule has 0 rings (SSSR count). The lowest BCUT2D eigenvalue weighted by Crippen LogP contribution is -2.27. The van der Waals surface area contributed by atoms with Gasteiger partial charge in [-0.15, -0.1) is 0 Å². The number of carbonyl (C=O) groups excluding carboxylic acids is 1. The number of nitrogens with one attached hydrogen (secondary N) is 1.